The van der Waals surface area contributed by atoms with E-state index in [0.29, 0.717) is 32.7 Å². The molecular formula is C26H40BN3O6. The van der Waals surface area contributed by atoms with Crippen LogP contribution in [0.3, 0.4) is 0 Å². The summed E-state index contributed by atoms with van der Waals surface area (Å²) in [5.41, 5.74) is 0.107. The molecule has 1 aromatic rings. The third kappa shape index (κ3) is 7.54. The first-order valence-corrected chi connectivity index (χ1v) is 12.8. The standard InChI is InChI=1S/C26H40BN3O6/c1-19(31)28-21(18-23(32)30-14-16-34-17-15-30)24(33)29-22(13-9-12-20-10-7-6-8-11-20)27-35-25(2,3)26(4,5)36-27/h6-8,10-11,21-22H,9,12-18H2,1-5H3,(H,28,31)(H,29,33)/t21-,22+/m1/s1. The van der Waals surface area contributed by atoms with Crippen molar-refractivity contribution in [2.24, 2.45) is 0 Å². The van der Waals surface area contributed by atoms with Crippen LogP contribution in [0.4, 0.5) is 0 Å². The number of nitrogens with zero attached hydrogens (tertiary/aromatic N) is 1. The average Bonchev–Trinajstić information content (AvgIpc) is 3.05. The van der Waals surface area contributed by atoms with Gasteiger partial charge >= 0.3 is 7.12 Å². The molecule has 0 saturated carbocycles. The normalized spacial score (nSPS) is 20.5. The number of ether oxygens (including phenoxy) is 1. The number of hydrogen-bond donors (Lipinski definition) is 2. The molecule has 2 fully saturated rings. The van der Waals surface area contributed by atoms with Crippen molar-refractivity contribution in [1.29, 1.82) is 0 Å². The number of carbonyl (C=O) groups excluding carboxylic acids is 3. The molecule has 2 aliphatic rings. The van der Waals surface area contributed by atoms with Crippen LogP contribution >= 0.6 is 0 Å². The first kappa shape index (κ1) is 28.2. The summed E-state index contributed by atoms with van der Waals surface area (Å²) in [6, 6.07) is 9.16. The van der Waals surface area contributed by atoms with E-state index in [1.807, 2.05) is 45.9 Å². The molecule has 0 unspecified atom stereocenters. The summed E-state index contributed by atoms with van der Waals surface area (Å²) in [6.07, 6.45) is 2.14. The minimum absolute atomic E-state index is 0.120. The van der Waals surface area contributed by atoms with E-state index in [1.165, 1.54) is 12.5 Å². The van der Waals surface area contributed by atoms with Crippen LogP contribution in [0.1, 0.15) is 59.4 Å². The van der Waals surface area contributed by atoms with E-state index in [4.69, 9.17) is 14.0 Å². The zero-order valence-electron chi connectivity index (χ0n) is 22.2. The van der Waals surface area contributed by atoms with Crippen LogP contribution in [0.5, 0.6) is 0 Å². The highest BCUT2D eigenvalue weighted by atomic mass is 16.7. The molecule has 2 N–H and O–H groups in total. The molecule has 2 atom stereocenters. The minimum atomic E-state index is -0.989. The maximum atomic E-state index is 13.4. The Balaban J connectivity index is 1.70. The van der Waals surface area contributed by atoms with Crippen LogP contribution in [0.25, 0.3) is 0 Å². The lowest BCUT2D eigenvalue weighted by Gasteiger charge is -2.32. The molecule has 0 bridgehead atoms. The molecule has 36 heavy (non-hydrogen) atoms. The van der Waals surface area contributed by atoms with Gasteiger partial charge in [-0.25, -0.2) is 0 Å². The van der Waals surface area contributed by atoms with Crippen LogP contribution < -0.4 is 10.6 Å². The predicted molar refractivity (Wildman–Crippen MR) is 137 cm³/mol. The molecule has 198 valence electrons. The van der Waals surface area contributed by atoms with Gasteiger partial charge in [-0.05, 0) is 52.5 Å². The van der Waals surface area contributed by atoms with E-state index in [-0.39, 0.29) is 18.2 Å². The van der Waals surface area contributed by atoms with Crippen LogP contribution in [0.2, 0.25) is 0 Å². The van der Waals surface area contributed by atoms with Crippen molar-refractivity contribution in [3.8, 4) is 0 Å². The smallest absolute Gasteiger partial charge is 0.402 e. The maximum Gasteiger partial charge on any atom is 0.481 e. The van der Waals surface area contributed by atoms with Gasteiger partial charge in [0, 0.05) is 20.0 Å². The lowest BCUT2D eigenvalue weighted by atomic mass is 9.75. The quantitative estimate of drug-likeness (QED) is 0.475. The minimum Gasteiger partial charge on any atom is -0.402 e. The largest absolute Gasteiger partial charge is 0.481 e. The van der Waals surface area contributed by atoms with E-state index >= 15 is 0 Å². The Hall–Kier alpha value is -2.43. The summed E-state index contributed by atoms with van der Waals surface area (Å²) in [5.74, 6) is -1.44. The Morgan fingerprint density at radius 3 is 2.19 bits per heavy atom. The number of rotatable bonds is 10. The Morgan fingerprint density at radius 2 is 1.61 bits per heavy atom. The van der Waals surface area contributed by atoms with E-state index in [0.717, 1.165) is 12.8 Å². The van der Waals surface area contributed by atoms with Gasteiger partial charge in [-0.2, -0.15) is 0 Å². The van der Waals surface area contributed by atoms with Gasteiger partial charge in [0.15, 0.2) is 0 Å². The van der Waals surface area contributed by atoms with Crippen LogP contribution in [0.15, 0.2) is 30.3 Å². The number of benzene rings is 1. The zero-order valence-corrected chi connectivity index (χ0v) is 22.2. The number of nitrogens with one attached hydrogen (secondary N) is 2. The molecule has 0 aromatic heterocycles. The summed E-state index contributed by atoms with van der Waals surface area (Å²) in [5, 5.41) is 5.68. The fraction of sp³-hybridized carbons (Fsp3) is 0.654. The Kier molecular flexibility index (Phi) is 9.55. The molecule has 3 amide bonds. The molecule has 2 heterocycles. The summed E-state index contributed by atoms with van der Waals surface area (Å²) >= 11 is 0. The molecule has 0 radical (unpaired) electrons. The van der Waals surface area contributed by atoms with E-state index < -0.39 is 36.2 Å². The second-order valence-electron chi connectivity index (χ2n) is 10.6. The predicted octanol–water partition coefficient (Wildman–Crippen LogP) is 1.88. The fourth-order valence-corrected chi connectivity index (χ4v) is 4.35. The van der Waals surface area contributed by atoms with Crippen LogP contribution in [-0.2, 0) is 34.9 Å². The molecule has 3 rings (SSSR count). The SMILES string of the molecule is CC(=O)N[C@H](CC(=O)N1CCOCC1)C(=O)N[C@@H](CCCc1ccccc1)B1OC(C)(C)C(C)(C)O1. The highest BCUT2D eigenvalue weighted by molar-refractivity contribution is 6.48. The van der Waals surface area contributed by atoms with Gasteiger partial charge in [-0.1, -0.05) is 30.3 Å². The highest BCUT2D eigenvalue weighted by Gasteiger charge is 2.54. The summed E-state index contributed by atoms with van der Waals surface area (Å²) in [4.78, 5) is 39.7. The van der Waals surface area contributed by atoms with Crippen molar-refractivity contribution in [1.82, 2.24) is 15.5 Å². The summed E-state index contributed by atoms with van der Waals surface area (Å²) in [6.45, 7) is 11.1. The topological polar surface area (TPSA) is 106 Å². The lowest BCUT2D eigenvalue weighted by Crippen LogP contribution is -2.56. The third-order valence-electron chi connectivity index (χ3n) is 7.19. The second kappa shape index (κ2) is 12.2. The Morgan fingerprint density at radius 1 is 1.00 bits per heavy atom. The Labute approximate surface area is 214 Å². The third-order valence-corrected chi connectivity index (χ3v) is 7.19. The number of hydrogen-bond acceptors (Lipinski definition) is 6. The van der Waals surface area contributed by atoms with Gasteiger partial charge < -0.3 is 29.6 Å². The molecule has 0 aliphatic carbocycles. The number of carbonyl (C=O) groups is 3. The lowest BCUT2D eigenvalue weighted by molar-refractivity contribution is -0.139. The van der Waals surface area contributed by atoms with E-state index in [1.54, 1.807) is 4.90 Å². The molecule has 2 aliphatic heterocycles. The second-order valence-corrected chi connectivity index (χ2v) is 10.6. The van der Waals surface area contributed by atoms with Gasteiger partial charge in [0.05, 0.1) is 36.8 Å². The molecule has 10 heteroatoms. The van der Waals surface area contributed by atoms with Crippen LogP contribution in [-0.4, -0.2) is 79.2 Å². The van der Waals surface area contributed by atoms with Gasteiger partial charge in [0.25, 0.3) is 0 Å². The zero-order chi connectivity index (χ0) is 26.3. The molecule has 9 nitrogen and oxygen atoms in total. The number of morpholine rings is 1. The molecule has 2 saturated heterocycles. The summed E-state index contributed by atoms with van der Waals surface area (Å²) < 4.78 is 17.8. The van der Waals surface area contributed by atoms with Crippen LogP contribution in [0, 0.1) is 0 Å². The van der Waals surface area contributed by atoms with Gasteiger partial charge in [-0.15, -0.1) is 0 Å². The number of amides is 3. The number of aryl methyl sites for hydroxylation is 1. The van der Waals surface area contributed by atoms with Crippen molar-refractivity contribution in [3.05, 3.63) is 35.9 Å². The fourth-order valence-electron chi connectivity index (χ4n) is 4.35. The van der Waals surface area contributed by atoms with Crippen molar-refractivity contribution < 1.29 is 28.4 Å². The van der Waals surface area contributed by atoms with Gasteiger partial charge in [0.1, 0.15) is 6.04 Å². The Bertz CT molecular complexity index is 888. The monoisotopic (exact) mass is 501 g/mol. The van der Waals surface area contributed by atoms with Gasteiger partial charge in [-0.3, -0.25) is 14.4 Å². The van der Waals surface area contributed by atoms with Crippen molar-refractivity contribution in [3.63, 3.8) is 0 Å². The maximum absolute atomic E-state index is 13.4. The summed E-state index contributed by atoms with van der Waals surface area (Å²) in [7, 11) is -0.650. The van der Waals surface area contributed by atoms with E-state index in [9.17, 15) is 14.4 Å². The highest BCUT2D eigenvalue weighted by Crippen LogP contribution is 2.38. The first-order chi connectivity index (χ1) is 17.0. The van der Waals surface area contributed by atoms with Crippen molar-refractivity contribution >= 4 is 24.8 Å². The average molecular weight is 501 g/mol. The van der Waals surface area contributed by atoms with Gasteiger partial charge in [0.2, 0.25) is 17.7 Å². The molecular weight excluding hydrogens is 461 g/mol. The molecule has 1 aromatic carbocycles. The first-order valence-electron chi connectivity index (χ1n) is 12.8. The van der Waals surface area contributed by atoms with Crippen molar-refractivity contribution in [2.45, 2.75) is 83.5 Å². The molecule has 0 spiro atoms. The van der Waals surface area contributed by atoms with Crippen molar-refractivity contribution in [2.75, 3.05) is 26.3 Å². The van der Waals surface area contributed by atoms with E-state index in [2.05, 4.69) is 22.8 Å².